The highest BCUT2D eigenvalue weighted by molar-refractivity contribution is 5.95. The summed E-state index contributed by atoms with van der Waals surface area (Å²) in [5.41, 5.74) is 1.86. The Labute approximate surface area is 173 Å². The molecule has 0 aliphatic carbocycles. The highest BCUT2D eigenvalue weighted by atomic mass is 16.3. The molecule has 0 saturated heterocycles. The molecule has 1 aromatic carbocycles. The number of amides is 2. The van der Waals surface area contributed by atoms with Crippen LogP contribution < -0.4 is 5.32 Å². The fourth-order valence-corrected chi connectivity index (χ4v) is 2.87. The number of carbonyl (C=O) groups is 2. The summed E-state index contributed by atoms with van der Waals surface area (Å²) >= 11 is 0. The highest BCUT2D eigenvalue weighted by Crippen LogP contribution is 2.15. The van der Waals surface area contributed by atoms with E-state index in [1.165, 1.54) is 6.26 Å². The Morgan fingerprint density at radius 1 is 1.10 bits per heavy atom. The van der Waals surface area contributed by atoms with Crippen molar-refractivity contribution in [2.45, 2.75) is 54.0 Å². The van der Waals surface area contributed by atoms with Gasteiger partial charge in [0.05, 0.1) is 6.54 Å². The average Bonchev–Trinajstić information content (AvgIpc) is 3.13. The number of benzene rings is 1. The predicted molar refractivity (Wildman–Crippen MR) is 114 cm³/mol. The van der Waals surface area contributed by atoms with Gasteiger partial charge < -0.3 is 14.6 Å². The van der Waals surface area contributed by atoms with E-state index in [4.69, 9.17) is 4.42 Å². The fraction of sp³-hybridized carbons (Fsp3) is 0.522. The van der Waals surface area contributed by atoms with Crippen LogP contribution in [-0.2, 0) is 6.54 Å². The Morgan fingerprint density at radius 3 is 2.45 bits per heavy atom. The van der Waals surface area contributed by atoms with Gasteiger partial charge in [0.2, 0.25) is 5.89 Å². The summed E-state index contributed by atoms with van der Waals surface area (Å²) < 4.78 is 5.50. The van der Waals surface area contributed by atoms with E-state index in [1.54, 1.807) is 4.90 Å². The maximum absolute atomic E-state index is 13.1. The summed E-state index contributed by atoms with van der Waals surface area (Å²) in [7, 11) is 0. The minimum Gasteiger partial charge on any atom is -0.446 e. The number of nitrogens with one attached hydrogen (secondary N) is 1. The van der Waals surface area contributed by atoms with Gasteiger partial charge in [-0.3, -0.25) is 9.59 Å². The van der Waals surface area contributed by atoms with Crippen LogP contribution in [0, 0.1) is 18.8 Å². The normalized spacial score (nSPS) is 11.1. The van der Waals surface area contributed by atoms with E-state index in [9.17, 15) is 9.59 Å². The smallest absolute Gasteiger partial charge is 0.273 e. The van der Waals surface area contributed by atoms with Crippen molar-refractivity contribution in [1.29, 1.82) is 0 Å². The van der Waals surface area contributed by atoms with Gasteiger partial charge in [-0.2, -0.15) is 0 Å². The zero-order valence-electron chi connectivity index (χ0n) is 18.2. The van der Waals surface area contributed by atoms with E-state index in [2.05, 4.69) is 38.0 Å². The zero-order valence-corrected chi connectivity index (χ0v) is 18.2. The van der Waals surface area contributed by atoms with E-state index < -0.39 is 0 Å². The van der Waals surface area contributed by atoms with E-state index in [1.807, 2.05) is 31.2 Å². The zero-order chi connectivity index (χ0) is 21.4. The molecule has 1 N–H and O–H groups in total. The Hall–Kier alpha value is -2.63. The van der Waals surface area contributed by atoms with Crippen LogP contribution in [0.3, 0.4) is 0 Å². The van der Waals surface area contributed by atoms with Crippen molar-refractivity contribution in [2.75, 3.05) is 13.1 Å². The summed E-state index contributed by atoms with van der Waals surface area (Å²) in [5, 5.41) is 2.85. The number of carbonyl (C=O) groups excluding carboxylic acids is 2. The van der Waals surface area contributed by atoms with Crippen molar-refractivity contribution in [1.82, 2.24) is 15.2 Å². The van der Waals surface area contributed by atoms with Crippen molar-refractivity contribution in [2.24, 2.45) is 11.8 Å². The second kappa shape index (κ2) is 10.8. The van der Waals surface area contributed by atoms with E-state index in [0.717, 1.165) is 18.4 Å². The van der Waals surface area contributed by atoms with Gasteiger partial charge in [0.1, 0.15) is 6.26 Å². The third kappa shape index (κ3) is 7.04. The quantitative estimate of drug-likeness (QED) is 0.640. The first-order valence-electron chi connectivity index (χ1n) is 10.4. The Balaban J connectivity index is 2.09. The molecule has 0 saturated carbocycles. The maximum Gasteiger partial charge on any atom is 0.273 e. The minimum atomic E-state index is -0.250. The molecule has 0 aliphatic rings. The molecular weight excluding hydrogens is 366 g/mol. The minimum absolute atomic E-state index is 0.0510. The molecule has 158 valence electrons. The third-order valence-electron chi connectivity index (χ3n) is 4.76. The first kappa shape index (κ1) is 22.7. The number of oxazole rings is 1. The fourth-order valence-electron chi connectivity index (χ4n) is 2.87. The molecule has 0 radical (unpaired) electrons. The lowest BCUT2D eigenvalue weighted by molar-refractivity contribution is 0.0719. The van der Waals surface area contributed by atoms with Crippen LogP contribution in [0.5, 0.6) is 0 Å². The topological polar surface area (TPSA) is 75.4 Å². The van der Waals surface area contributed by atoms with Crippen LogP contribution in [0.1, 0.15) is 72.8 Å². The SMILES string of the molecule is Cc1ccccc1C(=O)N(CCC(C)C)Cc1nc(C(=O)NCCC(C)C)co1. The van der Waals surface area contributed by atoms with Gasteiger partial charge in [-0.05, 0) is 43.2 Å². The summed E-state index contributed by atoms with van der Waals surface area (Å²) in [6.07, 6.45) is 3.14. The number of aryl methyl sites for hydroxylation is 1. The van der Waals surface area contributed by atoms with Gasteiger partial charge in [0.25, 0.3) is 11.8 Å². The van der Waals surface area contributed by atoms with Crippen molar-refractivity contribution in [3.63, 3.8) is 0 Å². The molecule has 2 rings (SSSR count). The summed E-state index contributed by atoms with van der Waals surface area (Å²) in [4.78, 5) is 31.4. The summed E-state index contributed by atoms with van der Waals surface area (Å²) in [6.45, 7) is 11.8. The van der Waals surface area contributed by atoms with Crippen LogP contribution >= 0.6 is 0 Å². The van der Waals surface area contributed by atoms with Gasteiger partial charge in [0.15, 0.2) is 5.69 Å². The lowest BCUT2D eigenvalue weighted by atomic mass is 10.1. The molecule has 1 aromatic heterocycles. The summed E-state index contributed by atoms with van der Waals surface area (Å²) in [6, 6.07) is 7.55. The Kier molecular flexibility index (Phi) is 8.43. The number of rotatable bonds is 10. The van der Waals surface area contributed by atoms with Gasteiger partial charge in [0, 0.05) is 18.7 Å². The number of aromatic nitrogens is 1. The molecule has 1 heterocycles. The largest absolute Gasteiger partial charge is 0.446 e. The Morgan fingerprint density at radius 2 is 1.79 bits per heavy atom. The molecule has 29 heavy (non-hydrogen) atoms. The molecule has 0 aliphatic heterocycles. The van der Waals surface area contributed by atoms with Crippen LogP contribution in [-0.4, -0.2) is 34.8 Å². The predicted octanol–water partition coefficient (Wildman–Crippen LogP) is 4.45. The molecule has 0 atom stereocenters. The summed E-state index contributed by atoms with van der Waals surface area (Å²) in [5.74, 6) is 1.05. The van der Waals surface area contributed by atoms with E-state index in [0.29, 0.717) is 36.4 Å². The highest BCUT2D eigenvalue weighted by Gasteiger charge is 2.21. The standard InChI is InChI=1S/C23H33N3O3/c1-16(2)10-12-24-22(27)20-15-29-21(25-20)14-26(13-11-17(3)4)23(28)19-9-7-6-8-18(19)5/h6-9,15-17H,10-14H2,1-5H3,(H,24,27). The van der Waals surface area contributed by atoms with E-state index in [-0.39, 0.29) is 24.1 Å². The second-order valence-electron chi connectivity index (χ2n) is 8.29. The van der Waals surface area contributed by atoms with Gasteiger partial charge in [-0.25, -0.2) is 4.98 Å². The lowest BCUT2D eigenvalue weighted by Crippen LogP contribution is -2.33. The number of hydrogen-bond acceptors (Lipinski definition) is 4. The molecular formula is C23H33N3O3. The first-order valence-corrected chi connectivity index (χ1v) is 10.4. The monoisotopic (exact) mass is 399 g/mol. The third-order valence-corrected chi connectivity index (χ3v) is 4.76. The molecule has 0 bridgehead atoms. The van der Waals surface area contributed by atoms with Crippen LogP contribution in [0.4, 0.5) is 0 Å². The molecule has 0 unspecified atom stereocenters. The molecule has 6 heteroatoms. The molecule has 6 nitrogen and oxygen atoms in total. The second-order valence-corrected chi connectivity index (χ2v) is 8.29. The van der Waals surface area contributed by atoms with Crippen molar-refractivity contribution in [3.8, 4) is 0 Å². The number of nitrogens with zero attached hydrogens (tertiary/aromatic N) is 2. The van der Waals surface area contributed by atoms with Crippen molar-refractivity contribution >= 4 is 11.8 Å². The van der Waals surface area contributed by atoms with Crippen molar-refractivity contribution < 1.29 is 14.0 Å². The molecule has 0 fully saturated rings. The van der Waals surface area contributed by atoms with Gasteiger partial charge >= 0.3 is 0 Å². The van der Waals surface area contributed by atoms with Crippen LogP contribution in [0.25, 0.3) is 0 Å². The van der Waals surface area contributed by atoms with Crippen LogP contribution in [0.2, 0.25) is 0 Å². The number of hydrogen-bond donors (Lipinski definition) is 1. The molecule has 0 spiro atoms. The van der Waals surface area contributed by atoms with Crippen molar-refractivity contribution in [3.05, 3.63) is 53.2 Å². The van der Waals surface area contributed by atoms with Gasteiger partial charge in [-0.1, -0.05) is 45.9 Å². The Bertz CT molecular complexity index is 811. The maximum atomic E-state index is 13.1. The average molecular weight is 400 g/mol. The first-order chi connectivity index (χ1) is 13.8. The molecule has 2 amide bonds. The lowest BCUT2D eigenvalue weighted by Gasteiger charge is -2.23. The molecule has 2 aromatic rings. The van der Waals surface area contributed by atoms with Gasteiger partial charge in [-0.15, -0.1) is 0 Å². The van der Waals surface area contributed by atoms with E-state index >= 15 is 0 Å². The van der Waals surface area contributed by atoms with Crippen LogP contribution in [0.15, 0.2) is 34.9 Å².